The first-order valence-electron chi connectivity index (χ1n) is 8.17. The Morgan fingerprint density at radius 3 is 2.17 bits per heavy atom. The Kier molecular flexibility index (Phi) is 7.50. The monoisotopic (exact) mass is 412 g/mol. The molecular weight excluding hydrogens is 387 g/mol. The van der Waals surface area contributed by atoms with Crippen LogP contribution in [0.2, 0.25) is 10.6 Å². The van der Waals surface area contributed by atoms with E-state index in [0.29, 0.717) is 10.9 Å². The third-order valence-corrected chi connectivity index (χ3v) is 8.97. The number of hydrogen-bond donors (Lipinski definition) is 1. The molecule has 0 saturated carbocycles. The first kappa shape index (κ1) is 19.2. The molecule has 0 fully saturated rings. The van der Waals surface area contributed by atoms with Crippen LogP contribution < -0.4 is 0 Å². The van der Waals surface area contributed by atoms with Gasteiger partial charge in [0.05, 0.1) is 0 Å². The first-order chi connectivity index (χ1) is 11.6. The van der Waals surface area contributed by atoms with E-state index in [2.05, 4.69) is 6.92 Å². The van der Waals surface area contributed by atoms with E-state index < -0.39 is 21.2 Å². The van der Waals surface area contributed by atoms with Crippen molar-refractivity contribution in [1.82, 2.24) is 0 Å². The van der Waals surface area contributed by atoms with Crippen molar-refractivity contribution in [3.05, 3.63) is 66.2 Å². The van der Waals surface area contributed by atoms with E-state index in [9.17, 15) is 13.5 Å². The summed E-state index contributed by atoms with van der Waals surface area (Å²) in [6, 6.07) is 17.6. The van der Waals surface area contributed by atoms with Gasteiger partial charge in [-0.3, -0.25) is 0 Å². The van der Waals surface area contributed by atoms with Crippen molar-refractivity contribution in [2.24, 2.45) is 0 Å². The van der Waals surface area contributed by atoms with Gasteiger partial charge in [0.2, 0.25) is 0 Å². The van der Waals surface area contributed by atoms with Crippen molar-refractivity contribution in [1.29, 1.82) is 0 Å². The normalized spacial score (nSPS) is 14.2. The van der Waals surface area contributed by atoms with Gasteiger partial charge in [-0.2, -0.15) is 0 Å². The third kappa shape index (κ3) is 4.93. The molecule has 2 aromatic rings. The molecule has 2 atom stereocenters. The number of hydrogen-bond acceptors (Lipinski definition) is 3. The second-order valence-electron chi connectivity index (χ2n) is 5.68. The zero-order chi connectivity index (χ0) is 17.4. The Morgan fingerprint density at radius 2 is 1.58 bits per heavy atom. The van der Waals surface area contributed by atoms with Gasteiger partial charge in [-0.15, -0.1) is 0 Å². The Hall–Kier alpha value is -1.13. The average Bonchev–Trinajstić information content (AvgIpc) is 2.62. The van der Waals surface area contributed by atoms with E-state index in [4.69, 9.17) is 0 Å². The summed E-state index contributed by atoms with van der Waals surface area (Å²) in [5.41, 5.74) is 0.660. The molecule has 0 aliphatic heterocycles. The Morgan fingerprint density at radius 1 is 1.00 bits per heavy atom. The number of aliphatic hydroxyl groups excluding tert-OH is 1. The van der Waals surface area contributed by atoms with Gasteiger partial charge in [-0.25, -0.2) is 0 Å². The van der Waals surface area contributed by atoms with Crippen LogP contribution >= 0.6 is 0 Å². The van der Waals surface area contributed by atoms with Crippen LogP contribution in [0.4, 0.5) is 0 Å². The van der Waals surface area contributed by atoms with Crippen LogP contribution in [-0.2, 0) is 9.84 Å². The van der Waals surface area contributed by atoms with E-state index in [0.717, 1.165) is 18.2 Å². The molecule has 3 nitrogen and oxygen atoms in total. The molecule has 0 radical (unpaired) electrons. The fourth-order valence-electron chi connectivity index (χ4n) is 2.45. The van der Waals surface area contributed by atoms with E-state index in [1.165, 1.54) is 0 Å². The van der Waals surface area contributed by atoms with E-state index in [-0.39, 0.29) is 19.9 Å². The van der Waals surface area contributed by atoms with Gasteiger partial charge in [0.25, 0.3) is 0 Å². The molecule has 24 heavy (non-hydrogen) atoms. The molecule has 5 heteroatoms. The summed E-state index contributed by atoms with van der Waals surface area (Å²) in [5.74, 6) is 0. The number of rotatable bonds is 9. The fraction of sp³-hybridized carbons (Fsp3) is 0.368. The summed E-state index contributed by atoms with van der Waals surface area (Å²) in [5, 5.41) is 11.5. The Labute approximate surface area is 151 Å². The summed E-state index contributed by atoms with van der Waals surface area (Å²) in [7, 11) is -3.57. The fourth-order valence-corrected chi connectivity index (χ4v) is 7.89. The van der Waals surface area contributed by atoms with Crippen LogP contribution in [0.3, 0.4) is 0 Å². The molecule has 130 valence electrons. The van der Waals surface area contributed by atoms with Gasteiger partial charge in [0, 0.05) is 0 Å². The van der Waals surface area contributed by atoms with Crippen LogP contribution in [0.1, 0.15) is 31.4 Å². The molecule has 1 N–H and O–H groups in total. The summed E-state index contributed by atoms with van der Waals surface area (Å²) in [6.45, 7) is 2.13. The van der Waals surface area contributed by atoms with E-state index in [1.807, 2.05) is 18.2 Å². The molecule has 0 aliphatic carbocycles. The van der Waals surface area contributed by atoms with Crippen molar-refractivity contribution in [2.45, 2.75) is 46.7 Å². The van der Waals surface area contributed by atoms with Gasteiger partial charge in [-0.05, 0) is 0 Å². The Bertz CT molecular complexity index is 702. The second-order valence-corrected chi connectivity index (χ2v) is 10.3. The average molecular weight is 411 g/mol. The summed E-state index contributed by atoms with van der Waals surface area (Å²) in [4.78, 5) is 0.288. The number of sulfone groups is 1. The van der Waals surface area contributed by atoms with Gasteiger partial charge < -0.3 is 0 Å². The quantitative estimate of drug-likeness (QED) is 0.503. The Balaban J connectivity index is 2.28. The van der Waals surface area contributed by atoms with Gasteiger partial charge in [-0.1, -0.05) is 0 Å². The minimum atomic E-state index is -3.57. The maximum absolute atomic E-state index is 13.1. The number of unbranched alkanes of at least 4 members (excludes halogenated alkanes) is 1. The number of benzene rings is 2. The first-order valence-corrected chi connectivity index (χ1v) is 12.1. The predicted octanol–water partition coefficient (Wildman–Crippen LogP) is 3.90. The molecule has 0 spiro atoms. The molecule has 0 amide bonds. The van der Waals surface area contributed by atoms with Crippen molar-refractivity contribution in [2.75, 3.05) is 0 Å². The minimum absolute atomic E-state index is 0.207. The molecule has 0 aromatic heterocycles. The van der Waals surface area contributed by atoms with Gasteiger partial charge >= 0.3 is 151 Å². The zero-order valence-corrected chi connectivity index (χ0v) is 16.4. The standard InChI is InChI=1S/C19H24O3SSe/c1-2-3-14-24-15-18(19(20)16-10-6-4-7-11-16)23(21,22)17-12-8-5-9-13-17/h4-13,18-20H,2-3,14-15H2,1H3. The molecule has 2 unspecified atom stereocenters. The van der Waals surface area contributed by atoms with Crippen LogP contribution in [0, 0.1) is 0 Å². The molecule has 0 aliphatic rings. The molecule has 2 aromatic carbocycles. The predicted molar refractivity (Wildman–Crippen MR) is 99.1 cm³/mol. The summed E-state index contributed by atoms with van der Waals surface area (Å²) >= 11 is 0.207. The van der Waals surface area contributed by atoms with Gasteiger partial charge in [0.1, 0.15) is 0 Å². The molecule has 0 bridgehead atoms. The van der Waals surface area contributed by atoms with Crippen LogP contribution in [-0.4, -0.2) is 33.7 Å². The second kappa shape index (κ2) is 9.38. The van der Waals surface area contributed by atoms with Crippen molar-refractivity contribution in [3.63, 3.8) is 0 Å². The molecule has 2 rings (SSSR count). The van der Waals surface area contributed by atoms with Crippen LogP contribution in [0.5, 0.6) is 0 Å². The maximum atomic E-state index is 13.1. The topological polar surface area (TPSA) is 54.4 Å². The van der Waals surface area contributed by atoms with Crippen molar-refractivity contribution < 1.29 is 13.5 Å². The van der Waals surface area contributed by atoms with E-state index >= 15 is 0 Å². The molecular formula is C19H24O3SSe. The number of aliphatic hydroxyl groups is 1. The van der Waals surface area contributed by atoms with Crippen LogP contribution in [0.15, 0.2) is 65.6 Å². The SMILES string of the molecule is CCCC[Se]CC(C(O)c1ccccc1)S(=O)(=O)c1ccccc1. The van der Waals surface area contributed by atoms with Crippen molar-refractivity contribution >= 4 is 24.8 Å². The summed E-state index contributed by atoms with van der Waals surface area (Å²) < 4.78 is 26.1. The van der Waals surface area contributed by atoms with Gasteiger partial charge in [0.15, 0.2) is 0 Å². The van der Waals surface area contributed by atoms with Crippen LogP contribution in [0.25, 0.3) is 0 Å². The third-order valence-electron chi connectivity index (χ3n) is 3.89. The van der Waals surface area contributed by atoms with E-state index in [1.54, 1.807) is 42.5 Å². The summed E-state index contributed by atoms with van der Waals surface area (Å²) in [6.07, 6.45) is 1.22. The zero-order valence-electron chi connectivity index (χ0n) is 13.8. The molecule has 0 heterocycles. The molecule has 0 saturated heterocycles. The van der Waals surface area contributed by atoms with Crippen molar-refractivity contribution in [3.8, 4) is 0 Å².